The number of aliphatic imine (C=N–C) groups is 2. The predicted octanol–water partition coefficient (Wildman–Crippen LogP) is 4.44. The van der Waals surface area contributed by atoms with Crippen molar-refractivity contribution in [1.82, 2.24) is 10.2 Å². The number of fused-ring (bicyclic) bond motifs is 3. The summed E-state index contributed by atoms with van der Waals surface area (Å²) in [7, 11) is 0. The second-order valence-electron chi connectivity index (χ2n) is 8.20. The number of thioether (sulfide) groups is 1. The Morgan fingerprint density at radius 3 is 2.69 bits per heavy atom. The number of carbonyl (C=O) groups is 2. The van der Waals surface area contributed by atoms with Crippen LogP contribution in [0.4, 0.5) is 5.69 Å². The van der Waals surface area contributed by atoms with E-state index in [0.29, 0.717) is 34.9 Å². The molecule has 0 fully saturated rings. The maximum atomic E-state index is 13.1. The normalized spacial score (nSPS) is 17.1. The summed E-state index contributed by atoms with van der Waals surface area (Å²) in [6.45, 7) is 4.69. The number of hydrogen-bond acceptors (Lipinski definition) is 5. The zero-order chi connectivity index (χ0) is 22.7. The molecule has 0 saturated heterocycles. The number of carbonyl (C=O) groups excluding carboxylic acids is 2. The van der Waals surface area contributed by atoms with Gasteiger partial charge in [0.05, 0.1) is 11.4 Å². The molecule has 4 rings (SSSR count). The number of rotatable bonds is 7. The lowest BCUT2D eigenvalue weighted by atomic mass is 10.0. The number of nitrogens with one attached hydrogen (secondary N) is 1. The number of halogens is 1. The van der Waals surface area contributed by atoms with Crippen LogP contribution in [0.3, 0.4) is 0 Å². The molecule has 166 valence electrons. The van der Waals surface area contributed by atoms with E-state index >= 15 is 0 Å². The maximum absolute atomic E-state index is 13.1. The first-order valence-corrected chi connectivity index (χ1v) is 12.0. The van der Waals surface area contributed by atoms with E-state index in [1.165, 1.54) is 11.8 Å². The zero-order valence-corrected chi connectivity index (χ0v) is 19.6. The van der Waals surface area contributed by atoms with Crippen LogP contribution >= 0.6 is 23.4 Å². The van der Waals surface area contributed by atoms with Crippen LogP contribution in [0.15, 0.2) is 58.5 Å². The lowest BCUT2D eigenvalue weighted by Crippen LogP contribution is -2.42. The Balaban J connectivity index is 1.41. The molecule has 2 aromatic rings. The Bertz CT molecular complexity index is 1080. The van der Waals surface area contributed by atoms with Crippen LogP contribution in [-0.4, -0.2) is 46.1 Å². The number of amidine groups is 2. The van der Waals surface area contributed by atoms with Crippen LogP contribution in [0.2, 0.25) is 5.02 Å². The highest BCUT2D eigenvalue weighted by atomic mass is 35.5. The van der Waals surface area contributed by atoms with E-state index in [-0.39, 0.29) is 17.6 Å². The molecule has 2 aliphatic heterocycles. The Hall–Kier alpha value is -2.64. The summed E-state index contributed by atoms with van der Waals surface area (Å²) < 4.78 is 0. The number of para-hydroxylation sites is 1. The molecular weight excluding hydrogens is 444 g/mol. The minimum atomic E-state index is -0.407. The quantitative estimate of drug-likeness (QED) is 0.652. The summed E-state index contributed by atoms with van der Waals surface area (Å²) in [5.74, 6) is 0.987. The first kappa shape index (κ1) is 22.6. The fraction of sp³-hybridized carbons (Fsp3) is 0.333. The van der Waals surface area contributed by atoms with E-state index in [1.54, 1.807) is 4.90 Å². The van der Waals surface area contributed by atoms with Gasteiger partial charge in [-0.2, -0.15) is 0 Å². The van der Waals surface area contributed by atoms with E-state index in [0.717, 1.165) is 23.2 Å². The molecule has 0 aromatic heterocycles. The molecule has 1 atom stereocenters. The first-order valence-electron chi connectivity index (χ1n) is 10.7. The fourth-order valence-corrected chi connectivity index (χ4v) is 4.63. The van der Waals surface area contributed by atoms with Gasteiger partial charge in [0.15, 0.2) is 5.17 Å². The minimum Gasteiger partial charge on any atom is -0.355 e. The van der Waals surface area contributed by atoms with Gasteiger partial charge in [0.25, 0.3) is 5.91 Å². The highest BCUT2D eigenvalue weighted by Crippen LogP contribution is 2.34. The van der Waals surface area contributed by atoms with Crippen LogP contribution in [0.5, 0.6) is 0 Å². The third-order valence-corrected chi connectivity index (χ3v) is 6.41. The van der Waals surface area contributed by atoms with Crippen molar-refractivity contribution in [3.63, 3.8) is 0 Å². The SMILES string of the molecule is CC(C)C[C@@H]1N=C2c3ccccc3N=C(SCC(=O)NCCc3ccc(Cl)cc3)N2C1=O. The van der Waals surface area contributed by atoms with Gasteiger partial charge < -0.3 is 5.32 Å². The maximum Gasteiger partial charge on any atom is 0.259 e. The fourth-order valence-electron chi connectivity index (χ4n) is 3.68. The molecule has 0 saturated carbocycles. The minimum absolute atomic E-state index is 0.0717. The third-order valence-electron chi connectivity index (χ3n) is 5.22. The first-order chi connectivity index (χ1) is 15.4. The van der Waals surface area contributed by atoms with E-state index in [1.807, 2.05) is 48.5 Å². The highest BCUT2D eigenvalue weighted by molar-refractivity contribution is 8.14. The predicted molar refractivity (Wildman–Crippen MR) is 131 cm³/mol. The Kier molecular flexibility index (Phi) is 6.96. The van der Waals surface area contributed by atoms with E-state index in [9.17, 15) is 9.59 Å². The Labute approximate surface area is 197 Å². The molecule has 0 aliphatic carbocycles. The van der Waals surface area contributed by atoms with Crippen molar-refractivity contribution in [1.29, 1.82) is 0 Å². The summed E-state index contributed by atoms with van der Waals surface area (Å²) in [5.41, 5.74) is 2.73. The molecule has 1 N–H and O–H groups in total. The van der Waals surface area contributed by atoms with Gasteiger partial charge in [0, 0.05) is 17.1 Å². The average molecular weight is 469 g/mol. The van der Waals surface area contributed by atoms with Crippen molar-refractivity contribution < 1.29 is 9.59 Å². The third kappa shape index (κ3) is 5.05. The highest BCUT2D eigenvalue weighted by Gasteiger charge is 2.41. The monoisotopic (exact) mass is 468 g/mol. The van der Waals surface area contributed by atoms with Gasteiger partial charge in [0.2, 0.25) is 5.91 Å². The number of hydrogen-bond donors (Lipinski definition) is 1. The van der Waals surface area contributed by atoms with Crippen molar-refractivity contribution in [2.24, 2.45) is 15.9 Å². The molecule has 2 heterocycles. The van der Waals surface area contributed by atoms with E-state index < -0.39 is 6.04 Å². The molecule has 32 heavy (non-hydrogen) atoms. The van der Waals surface area contributed by atoms with Crippen LogP contribution in [0, 0.1) is 5.92 Å². The van der Waals surface area contributed by atoms with Crippen LogP contribution < -0.4 is 5.32 Å². The Morgan fingerprint density at radius 2 is 1.94 bits per heavy atom. The number of amides is 2. The van der Waals surface area contributed by atoms with Crippen LogP contribution in [0.25, 0.3) is 0 Å². The topological polar surface area (TPSA) is 74.1 Å². The molecule has 2 amide bonds. The molecule has 6 nitrogen and oxygen atoms in total. The van der Waals surface area contributed by atoms with Gasteiger partial charge in [-0.1, -0.05) is 61.5 Å². The molecule has 2 aliphatic rings. The molecular formula is C24H25ClN4O2S. The summed E-state index contributed by atoms with van der Waals surface area (Å²) in [4.78, 5) is 36.5. The molecule has 0 unspecified atom stereocenters. The lowest BCUT2D eigenvalue weighted by Gasteiger charge is -2.25. The summed E-state index contributed by atoms with van der Waals surface area (Å²) in [6.07, 6.45) is 1.41. The van der Waals surface area contributed by atoms with Crippen LogP contribution in [0.1, 0.15) is 31.4 Å². The molecule has 0 radical (unpaired) electrons. The van der Waals surface area contributed by atoms with Crippen molar-refractivity contribution in [3.05, 3.63) is 64.7 Å². The van der Waals surface area contributed by atoms with Gasteiger partial charge in [-0.3, -0.25) is 14.6 Å². The van der Waals surface area contributed by atoms with Gasteiger partial charge >= 0.3 is 0 Å². The van der Waals surface area contributed by atoms with E-state index in [4.69, 9.17) is 16.6 Å². The lowest BCUT2D eigenvalue weighted by molar-refractivity contribution is -0.125. The van der Waals surface area contributed by atoms with Crippen molar-refractivity contribution in [3.8, 4) is 0 Å². The Morgan fingerprint density at radius 1 is 1.19 bits per heavy atom. The second kappa shape index (κ2) is 9.88. The number of nitrogens with zero attached hydrogens (tertiary/aromatic N) is 3. The summed E-state index contributed by atoms with van der Waals surface area (Å²) in [6, 6.07) is 14.8. The summed E-state index contributed by atoms with van der Waals surface area (Å²) >= 11 is 7.17. The second-order valence-corrected chi connectivity index (χ2v) is 9.58. The average Bonchev–Trinajstić information content (AvgIpc) is 3.09. The van der Waals surface area contributed by atoms with Gasteiger partial charge in [-0.05, 0) is 48.6 Å². The van der Waals surface area contributed by atoms with Crippen molar-refractivity contribution >= 4 is 51.9 Å². The molecule has 2 aromatic carbocycles. The largest absolute Gasteiger partial charge is 0.355 e. The molecule has 0 bridgehead atoms. The van der Waals surface area contributed by atoms with Crippen molar-refractivity contribution in [2.75, 3.05) is 12.3 Å². The van der Waals surface area contributed by atoms with Gasteiger partial charge in [-0.15, -0.1) is 0 Å². The molecule has 0 spiro atoms. The van der Waals surface area contributed by atoms with Gasteiger partial charge in [0.1, 0.15) is 11.9 Å². The number of benzene rings is 2. The van der Waals surface area contributed by atoms with Crippen molar-refractivity contribution in [2.45, 2.75) is 32.7 Å². The van der Waals surface area contributed by atoms with Gasteiger partial charge in [-0.25, -0.2) is 9.89 Å². The smallest absolute Gasteiger partial charge is 0.259 e. The molecule has 8 heteroatoms. The standard InChI is InChI=1S/C24H25ClN4O2S/c1-15(2)13-20-23(31)29-22(27-20)18-5-3-4-6-19(18)28-24(29)32-14-21(30)26-12-11-16-7-9-17(25)10-8-16/h3-10,15,20H,11-14H2,1-2H3,(H,26,30)/t20-/m0/s1. The summed E-state index contributed by atoms with van der Waals surface area (Å²) in [5, 5.41) is 4.13. The van der Waals surface area contributed by atoms with Crippen LogP contribution in [-0.2, 0) is 16.0 Å². The van der Waals surface area contributed by atoms with E-state index in [2.05, 4.69) is 24.2 Å². The zero-order valence-electron chi connectivity index (χ0n) is 18.0.